The second-order valence-corrected chi connectivity index (χ2v) is 5.06. The number of nitro groups is 1. The summed E-state index contributed by atoms with van der Waals surface area (Å²) in [6.07, 6.45) is 2.75. The van der Waals surface area contributed by atoms with Crippen LogP contribution in [-0.4, -0.2) is 40.3 Å². The summed E-state index contributed by atoms with van der Waals surface area (Å²) in [5, 5.41) is 27.1. The molecule has 3 aromatic rings. The number of ether oxygens (including phenoxy) is 2. The first-order valence-corrected chi connectivity index (χ1v) is 7.31. The van der Waals surface area contributed by atoms with Gasteiger partial charge in [-0.25, -0.2) is 4.68 Å². The van der Waals surface area contributed by atoms with Gasteiger partial charge in [-0.2, -0.15) is 5.10 Å². The maximum atomic E-state index is 10.8. The van der Waals surface area contributed by atoms with Gasteiger partial charge in [-0.05, 0) is 18.2 Å². The van der Waals surface area contributed by atoms with Gasteiger partial charge in [0, 0.05) is 17.8 Å². The van der Waals surface area contributed by atoms with Crippen molar-refractivity contribution in [3.8, 4) is 28.6 Å². The highest BCUT2D eigenvalue weighted by Gasteiger charge is 2.19. The lowest BCUT2D eigenvalue weighted by molar-refractivity contribution is -0.401. The van der Waals surface area contributed by atoms with Crippen LogP contribution in [0.3, 0.4) is 0 Å². The molecule has 0 radical (unpaired) electrons. The lowest BCUT2D eigenvalue weighted by Gasteiger charge is -2.09. The molecule has 10 nitrogen and oxygen atoms in total. The van der Waals surface area contributed by atoms with Gasteiger partial charge >= 0.3 is 5.88 Å². The van der Waals surface area contributed by atoms with Gasteiger partial charge in [0.15, 0.2) is 17.3 Å². The maximum absolute atomic E-state index is 10.8. The van der Waals surface area contributed by atoms with Crippen molar-refractivity contribution in [3.05, 3.63) is 52.2 Å². The minimum Gasteiger partial charge on any atom is -0.493 e. The van der Waals surface area contributed by atoms with Crippen LogP contribution in [0.4, 0.5) is 5.88 Å². The molecule has 2 heterocycles. The predicted octanol–water partition coefficient (Wildman–Crippen LogP) is 2.87. The molecule has 1 N–H and O–H groups in total. The summed E-state index contributed by atoms with van der Waals surface area (Å²) in [6.45, 7) is 0. The number of nitrogens with zero attached hydrogens (tertiary/aromatic N) is 4. The first kappa shape index (κ1) is 17.0. The molecule has 3 rings (SSSR count). The topological polar surface area (TPSA) is 125 Å². The van der Waals surface area contributed by atoms with Crippen LogP contribution in [-0.2, 0) is 0 Å². The molecule has 134 valence electrons. The molecular formula is C16H14N4O6. The fourth-order valence-corrected chi connectivity index (χ4v) is 2.39. The van der Waals surface area contributed by atoms with Gasteiger partial charge in [-0.3, -0.25) is 10.1 Å². The highest BCUT2D eigenvalue weighted by Crippen LogP contribution is 2.31. The predicted molar refractivity (Wildman–Crippen MR) is 90.4 cm³/mol. The number of aromatic nitrogens is 2. The van der Waals surface area contributed by atoms with E-state index < -0.39 is 10.8 Å². The van der Waals surface area contributed by atoms with Crippen LogP contribution in [0, 0.1) is 10.1 Å². The Morgan fingerprint density at radius 2 is 2.04 bits per heavy atom. The summed E-state index contributed by atoms with van der Waals surface area (Å²) in [7, 11) is 3.05. The quantitative estimate of drug-likeness (QED) is 0.311. The Kier molecular flexibility index (Phi) is 4.56. The van der Waals surface area contributed by atoms with Crippen LogP contribution in [0.5, 0.6) is 11.5 Å². The first-order valence-electron chi connectivity index (χ1n) is 7.31. The van der Waals surface area contributed by atoms with Crippen molar-refractivity contribution in [2.45, 2.75) is 0 Å². The van der Waals surface area contributed by atoms with Crippen LogP contribution in [0.1, 0.15) is 5.56 Å². The minimum absolute atomic E-state index is 0.172. The minimum atomic E-state index is -0.644. The van der Waals surface area contributed by atoms with Crippen LogP contribution in [0.25, 0.3) is 17.1 Å². The molecule has 0 aliphatic heterocycles. The molecule has 0 bridgehead atoms. The standard InChI is InChI=1S/C16H14N4O6/c1-24-12-4-3-11(7-14(12)25-2)19-9-10(8-17-21)16(18-19)13-5-6-15(26-13)20(22)23/h3-9,21H,1-2H3. The van der Waals surface area contributed by atoms with Crippen molar-refractivity contribution in [1.29, 1.82) is 0 Å². The van der Waals surface area contributed by atoms with Crippen LogP contribution in [0.15, 0.2) is 46.1 Å². The Labute approximate surface area is 147 Å². The van der Waals surface area contributed by atoms with E-state index in [0.29, 0.717) is 22.7 Å². The third-order valence-corrected chi connectivity index (χ3v) is 3.58. The largest absolute Gasteiger partial charge is 0.493 e. The van der Waals surface area contributed by atoms with E-state index in [9.17, 15) is 10.1 Å². The Morgan fingerprint density at radius 3 is 2.65 bits per heavy atom. The Morgan fingerprint density at radius 1 is 1.27 bits per heavy atom. The number of hydrogen-bond donors (Lipinski definition) is 1. The maximum Gasteiger partial charge on any atom is 0.433 e. The van der Waals surface area contributed by atoms with E-state index in [1.807, 2.05) is 0 Å². The molecule has 0 aliphatic rings. The summed E-state index contributed by atoms with van der Waals surface area (Å²) >= 11 is 0. The summed E-state index contributed by atoms with van der Waals surface area (Å²) in [4.78, 5) is 10.2. The SMILES string of the molecule is COc1ccc(-n2cc(C=NO)c(-c3ccc([N+](=O)[O-])o3)n2)cc1OC. The molecule has 0 spiro atoms. The van der Waals surface area contributed by atoms with Gasteiger partial charge in [0.2, 0.25) is 0 Å². The van der Waals surface area contributed by atoms with Crippen molar-refractivity contribution in [2.24, 2.45) is 5.16 Å². The number of methoxy groups -OCH3 is 2. The number of oxime groups is 1. The average molecular weight is 358 g/mol. The van der Waals surface area contributed by atoms with Gasteiger partial charge in [0.05, 0.1) is 32.2 Å². The van der Waals surface area contributed by atoms with E-state index in [-0.39, 0.29) is 11.5 Å². The van der Waals surface area contributed by atoms with Crippen LogP contribution < -0.4 is 9.47 Å². The summed E-state index contributed by atoms with van der Waals surface area (Å²) in [6, 6.07) is 7.83. The molecule has 0 amide bonds. The highest BCUT2D eigenvalue weighted by atomic mass is 16.6. The van der Waals surface area contributed by atoms with Crippen molar-refractivity contribution in [2.75, 3.05) is 14.2 Å². The molecule has 2 aromatic heterocycles. The number of benzene rings is 1. The van der Waals surface area contributed by atoms with Crippen LogP contribution >= 0.6 is 0 Å². The monoisotopic (exact) mass is 358 g/mol. The lowest BCUT2D eigenvalue weighted by atomic mass is 10.2. The Hall–Kier alpha value is -3.82. The van der Waals surface area contributed by atoms with Crippen molar-refractivity contribution < 1.29 is 24.0 Å². The van der Waals surface area contributed by atoms with Gasteiger partial charge in [0.1, 0.15) is 10.6 Å². The normalized spacial score (nSPS) is 11.0. The van der Waals surface area contributed by atoms with Crippen LogP contribution in [0.2, 0.25) is 0 Å². The highest BCUT2D eigenvalue weighted by molar-refractivity contribution is 5.87. The summed E-state index contributed by atoms with van der Waals surface area (Å²) < 4.78 is 17.2. The fraction of sp³-hybridized carbons (Fsp3) is 0.125. The molecule has 26 heavy (non-hydrogen) atoms. The van der Waals surface area contributed by atoms with Crippen molar-refractivity contribution in [1.82, 2.24) is 9.78 Å². The zero-order valence-corrected chi connectivity index (χ0v) is 13.8. The van der Waals surface area contributed by atoms with Crippen molar-refractivity contribution >= 4 is 12.1 Å². The molecule has 1 aromatic carbocycles. The fourth-order valence-electron chi connectivity index (χ4n) is 2.39. The molecule has 10 heteroatoms. The number of hydrogen-bond acceptors (Lipinski definition) is 8. The van der Waals surface area contributed by atoms with E-state index in [1.54, 1.807) is 24.4 Å². The van der Waals surface area contributed by atoms with E-state index >= 15 is 0 Å². The van der Waals surface area contributed by atoms with E-state index in [0.717, 1.165) is 6.21 Å². The molecule has 0 saturated heterocycles. The zero-order chi connectivity index (χ0) is 18.7. The molecule has 0 saturated carbocycles. The average Bonchev–Trinajstić information content (AvgIpc) is 3.28. The number of furan rings is 1. The van der Waals surface area contributed by atoms with Gasteiger partial charge in [-0.1, -0.05) is 5.16 Å². The zero-order valence-electron chi connectivity index (χ0n) is 13.8. The van der Waals surface area contributed by atoms with Gasteiger partial charge in [0.25, 0.3) is 0 Å². The third kappa shape index (κ3) is 3.07. The second-order valence-electron chi connectivity index (χ2n) is 5.06. The molecule has 0 unspecified atom stereocenters. The summed E-state index contributed by atoms with van der Waals surface area (Å²) in [5.74, 6) is 0.828. The van der Waals surface area contributed by atoms with Crippen molar-refractivity contribution in [3.63, 3.8) is 0 Å². The second kappa shape index (κ2) is 6.97. The van der Waals surface area contributed by atoms with E-state index in [4.69, 9.17) is 19.1 Å². The van der Waals surface area contributed by atoms with E-state index in [1.165, 1.54) is 31.0 Å². The lowest BCUT2D eigenvalue weighted by Crippen LogP contribution is -1.97. The summed E-state index contributed by atoms with van der Waals surface area (Å²) in [5.41, 5.74) is 1.33. The smallest absolute Gasteiger partial charge is 0.433 e. The van der Waals surface area contributed by atoms with Gasteiger partial charge < -0.3 is 19.1 Å². The molecule has 0 atom stereocenters. The molecular weight excluding hydrogens is 344 g/mol. The molecule has 0 aliphatic carbocycles. The van der Waals surface area contributed by atoms with E-state index in [2.05, 4.69) is 10.3 Å². The Balaban J connectivity index is 2.08. The van der Waals surface area contributed by atoms with Gasteiger partial charge in [-0.15, -0.1) is 0 Å². The Bertz CT molecular complexity index is 975. The first-order chi connectivity index (χ1) is 12.6. The molecule has 0 fully saturated rings. The number of rotatable bonds is 6. The third-order valence-electron chi connectivity index (χ3n) is 3.58.